The fourth-order valence-electron chi connectivity index (χ4n) is 3.40. The van der Waals surface area contributed by atoms with Crippen LogP contribution < -0.4 is 15.0 Å². The van der Waals surface area contributed by atoms with Crippen molar-refractivity contribution in [2.75, 3.05) is 20.0 Å². The maximum Gasteiger partial charge on any atom is 0.262 e. The first-order valence-electron chi connectivity index (χ1n) is 10.0. The summed E-state index contributed by atoms with van der Waals surface area (Å²) >= 11 is 1.24. The normalized spacial score (nSPS) is 10.8. The number of thioether (sulfide) groups is 1. The third-order valence-electron chi connectivity index (χ3n) is 5.05. The summed E-state index contributed by atoms with van der Waals surface area (Å²) in [5.74, 6) is 1.05. The summed E-state index contributed by atoms with van der Waals surface area (Å²) < 4.78 is 12.2. The van der Waals surface area contributed by atoms with E-state index in [4.69, 9.17) is 14.5 Å². The molecule has 3 aromatic carbocycles. The largest absolute Gasteiger partial charge is 0.497 e. The lowest BCUT2D eigenvalue weighted by Crippen LogP contribution is -2.24. The number of aromatic nitrogens is 2. The summed E-state index contributed by atoms with van der Waals surface area (Å²) in [5.41, 5.74) is 1.92. The highest BCUT2D eigenvalue weighted by Gasteiger charge is 2.17. The quantitative estimate of drug-likeness (QED) is 0.226. The van der Waals surface area contributed by atoms with E-state index in [2.05, 4.69) is 0 Å². The van der Waals surface area contributed by atoms with Crippen molar-refractivity contribution in [3.8, 4) is 11.5 Å². The average Bonchev–Trinajstić information content (AvgIpc) is 2.84. The number of hydrogen-bond acceptors (Lipinski definition) is 6. The molecule has 0 aliphatic carbocycles. The van der Waals surface area contributed by atoms with E-state index in [0.717, 1.165) is 5.56 Å². The van der Waals surface area contributed by atoms with Gasteiger partial charge in [-0.1, -0.05) is 54.2 Å². The molecular formula is C25H22N2O4S. The second-order valence-electron chi connectivity index (χ2n) is 7.07. The lowest BCUT2D eigenvalue weighted by molar-refractivity contribution is 0.101. The first kappa shape index (κ1) is 21.6. The molecule has 0 atom stereocenters. The van der Waals surface area contributed by atoms with Gasteiger partial charge in [0.2, 0.25) is 0 Å². The number of fused-ring (bicyclic) bond motifs is 1. The van der Waals surface area contributed by atoms with Crippen LogP contribution in [-0.4, -0.2) is 35.3 Å². The molecule has 1 aromatic heterocycles. The number of hydrogen-bond donors (Lipinski definition) is 0. The SMILES string of the molecule is COc1ccc(C(=O)CSc2nc3ccccc3c(=O)n2Cc2ccccc2)c(OC)c1. The topological polar surface area (TPSA) is 70.4 Å². The van der Waals surface area contributed by atoms with Crippen LogP contribution in [0, 0.1) is 0 Å². The Morgan fingerprint density at radius 2 is 1.72 bits per heavy atom. The number of nitrogens with zero attached hydrogens (tertiary/aromatic N) is 2. The molecule has 0 N–H and O–H groups in total. The maximum atomic E-state index is 13.2. The van der Waals surface area contributed by atoms with Crippen molar-refractivity contribution in [3.05, 3.63) is 94.3 Å². The number of ether oxygens (including phenoxy) is 2. The summed E-state index contributed by atoms with van der Waals surface area (Å²) in [6, 6.07) is 22.1. The lowest BCUT2D eigenvalue weighted by atomic mass is 10.1. The van der Waals surface area contributed by atoms with E-state index in [0.29, 0.717) is 39.7 Å². The third-order valence-corrected chi connectivity index (χ3v) is 6.03. The summed E-state index contributed by atoms with van der Waals surface area (Å²) in [7, 11) is 3.07. The molecule has 0 aliphatic heterocycles. The molecule has 1 heterocycles. The first-order chi connectivity index (χ1) is 15.6. The minimum atomic E-state index is -0.128. The molecule has 0 bridgehead atoms. The molecule has 0 radical (unpaired) electrons. The zero-order valence-corrected chi connectivity index (χ0v) is 18.6. The minimum Gasteiger partial charge on any atom is -0.497 e. The van der Waals surface area contributed by atoms with Crippen LogP contribution in [-0.2, 0) is 6.54 Å². The molecule has 0 spiro atoms. The molecular weight excluding hydrogens is 424 g/mol. The van der Waals surface area contributed by atoms with Gasteiger partial charge in [-0.3, -0.25) is 14.2 Å². The van der Waals surface area contributed by atoms with Crippen molar-refractivity contribution < 1.29 is 14.3 Å². The average molecular weight is 447 g/mol. The number of rotatable bonds is 8. The molecule has 4 aromatic rings. The van der Waals surface area contributed by atoms with E-state index >= 15 is 0 Å². The van der Waals surface area contributed by atoms with Crippen LogP contribution in [0.5, 0.6) is 11.5 Å². The van der Waals surface area contributed by atoms with Crippen LogP contribution in [0.4, 0.5) is 0 Å². The number of Topliss-reactive ketones (excluding diaryl/α,β-unsaturated/α-hetero) is 1. The van der Waals surface area contributed by atoms with Crippen molar-refractivity contribution in [2.24, 2.45) is 0 Å². The summed E-state index contributed by atoms with van der Waals surface area (Å²) in [6.45, 7) is 0.375. The number of carbonyl (C=O) groups is 1. The number of methoxy groups -OCH3 is 2. The van der Waals surface area contributed by atoms with E-state index in [1.807, 2.05) is 48.5 Å². The van der Waals surface area contributed by atoms with Crippen LogP contribution in [0.25, 0.3) is 10.9 Å². The first-order valence-corrected chi connectivity index (χ1v) is 11.0. The van der Waals surface area contributed by atoms with Crippen LogP contribution in [0.2, 0.25) is 0 Å². The van der Waals surface area contributed by atoms with Gasteiger partial charge >= 0.3 is 0 Å². The zero-order chi connectivity index (χ0) is 22.5. The molecule has 0 fully saturated rings. The molecule has 0 unspecified atom stereocenters. The number of ketones is 1. The van der Waals surface area contributed by atoms with Gasteiger partial charge in [-0.05, 0) is 29.8 Å². The highest BCUT2D eigenvalue weighted by Crippen LogP contribution is 2.27. The summed E-state index contributed by atoms with van der Waals surface area (Å²) in [6.07, 6.45) is 0. The molecule has 4 rings (SSSR count). The van der Waals surface area contributed by atoms with Crippen molar-refractivity contribution in [1.29, 1.82) is 0 Å². The number of carbonyl (C=O) groups excluding carboxylic acids is 1. The fourth-order valence-corrected chi connectivity index (χ4v) is 4.28. The highest BCUT2D eigenvalue weighted by atomic mass is 32.2. The molecule has 6 nitrogen and oxygen atoms in total. The van der Waals surface area contributed by atoms with Gasteiger partial charge in [0.15, 0.2) is 10.9 Å². The van der Waals surface area contributed by atoms with Crippen molar-refractivity contribution in [2.45, 2.75) is 11.7 Å². The van der Waals surface area contributed by atoms with Gasteiger partial charge in [0.05, 0.1) is 43.0 Å². The molecule has 0 aliphatic rings. The standard InChI is InChI=1S/C25H22N2O4S/c1-30-18-12-13-20(23(14-18)31-2)22(28)16-32-25-26-21-11-7-6-10-19(21)24(29)27(25)15-17-8-4-3-5-9-17/h3-14H,15-16H2,1-2H3. The van der Waals surface area contributed by atoms with E-state index < -0.39 is 0 Å². The lowest BCUT2D eigenvalue weighted by Gasteiger charge is -2.14. The maximum absolute atomic E-state index is 13.2. The fraction of sp³-hybridized carbons (Fsp3) is 0.160. The van der Waals surface area contributed by atoms with Crippen molar-refractivity contribution in [3.63, 3.8) is 0 Å². The van der Waals surface area contributed by atoms with Crippen LogP contribution >= 0.6 is 11.8 Å². The Hall–Kier alpha value is -3.58. The van der Waals surface area contributed by atoms with Gasteiger partial charge in [-0.25, -0.2) is 4.98 Å². The van der Waals surface area contributed by atoms with Crippen LogP contribution in [0.15, 0.2) is 82.7 Å². The Morgan fingerprint density at radius 1 is 0.969 bits per heavy atom. The van der Waals surface area contributed by atoms with E-state index in [-0.39, 0.29) is 17.1 Å². The predicted molar refractivity (Wildman–Crippen MR) is 126 cm³/mol. The Morgan fingerprint density at radius 3 is 2.47 bits per heavy atom. The molecule has 0 saturated carbocycles. The molecule has 7 heteroatoms. The predicted octanol–water partition coefficient (Wildman–Crippen LogP) is 4.44. The van der Waals surface area contributed by atoms with Crippen molar-refractivity contribution in [1.82, 2.24) is 9.55 Å². The van der Waals surface area contributed by atoms with Gasteiger partial charge in [0.1, 0.15) is 11.5 Å². The summed E-state index contributed by atoms with van der Waals surface area (Å²) in [5, 5.41) is 1.05. The van der Waals surface area contributed by atoms with Gasteiger partial charge in [0.25, 0.3) is 5.56 Å². The Labute approximate surface area is 189 Å². The molecule has 32 heavy (non-hydrogen) atoms. The van der Waals surface area contributed by atoms with Gasteiger partial charge < -0.3 is 9.47 Å². The Balaban J connectivity index is 1.67. The van der Waals surface area contributed by atoms with Gasteiger partial charge in [-0.2, -0.15) is 0 Å². The number of para-hydroxylation sites is 1. The van der Waals surface area contributed by atoms with E-state index in [1.54, 1.807) is 35.9 Å². The van der Waals surface area contributed by atoms with Gasteiger partial charge in [-0.15, -0.1) is 0 Å². The molecule has 162 valence electrons. The van der Waals surface area contributed by atoms with E-state index in [9.17, 15) is 9.59 Å². The minimum absolute atomic E-state index is 0.113. The second-order valence-corrected chi connectivity index (χ2v) is 8.01. The molecule has 0 amide bonds. The van der Waals surface area contributed by atoms with E-state index in [1.165, 1.54) is 18.9 Å². The number of benzene rings is 3. The Kier molecular flexibility index (Phi) is 6.56. The van der Waals surface area contributed by atoms with Crippen LogP contribution in [0.3, 0.4) is 0 Å². The smallest absolute Gasteiger partial charge is 0.262 e. The molecule has 0 saturated heterocycles. The zero-order valence-electron chi connectivity index (χ0n) is 17.8. The third kappa shape index (κ3) is 4.53. The highest BCUT2D eigenvalue weighted by molar-refractivity contribution is 7.99. The Bertz CT molecular complexity index is 1320. The van der Waals surface area contributed by atoms with Crippen LogP contribution in [0.1, 0.15) is 15.9 Å². The summed E-state index contributed by atoms with van der Waals surface area (Å²) in [4.78, 5) is 30.9. The monoisotopic (exact) mass is 446 g/mol. The second kappa shape index (κ2) is 9.70. The van der Waals surface area contributed by atoms with Gasteiger partial charge in [0, 0.05) is 6.07 Å². The van der Waals surface area contributed by atoms with Crippen molar-refractivity contribution >= 4 is 28.4 Å².